The highest BCUT2D eigenvalue weighted by Gasteiger charge is 2.14. The lowest BCUT2D eigenvalue weighted by molar-refractivity contribution is -0.385. The van der Waals surface area contributed by atoms with E-state index in [1.54, 1.807) is 6.07 Å². The van der Waals surface area contributed by atoms with E-state index in [1.165, 1.54) is 6.07 Å². The molecule has 17 heavy (non-hydrogen) atoms. The van der Waals surface area contributed by atoms with Crippen LogP contribution in [0.25, 0.3) is 0 Å². The van der Waals surface area contributed by atoms with Gasteiger partial charge >= 0.3 is 5.69 Å². The third-order valence-corrected chi connectivity index (χ3v) is 2.32. The van der Waals surface area contributed by atoms with Gasteiger partial charge in [-0.15, -0.1) is 0 Å². The summed E-state index contributed by atoms with van der Waals surface area (Å²) in [6, 6.07) is 5.00. The zero-order valence-corrected chi connectivity index (χ0v) is 10.5. The predicted octanol–water partition coefficient (Wildman–Crippen LogP) is 2.23. The summed E-state index contributed by atoms with van der Waals surface area (Å²) in [4.78, 5) is 12.5. The summed E-state index contributed by atoms with van der Waals surface area (Å²) in [6.07, 6.45) is 0.845. The maximum Gasteiger partial charge on any atom is 0.311 e. The normalized spacial score (nSPS) is 10.6. The lowest BCUT2D eigenvalue weighted by Crippen LogP contribution is -2.15. The number of rotatable bonds is 6. The van der Waals surface area contributed by atoms with Crippen LogP contribution in [0.1, 0.15) is 12.0 Å². The van der Waals surface area contributed by atoms with Crippen molar-refractivity contribution in [2.75, 3.05) is 27.2 Å². The molecule has 0 spiro atoms. The fourth-order valence-electron chi connectivity index (χ4n) is 1.46. The molecule has 0 saturated carbocycles. The molecule has 0 fully saturated rings. The molecule has 1 aromatic carbocycles. The van der Waals surface area contributed by atoms with Crippen LogP contribution in [0.5, 0.6) is 5.75 Å². The zero-order valence-electron chi connectivity index (χ0n) is 10.5. The summed E-state index contributed by atoms with van der Waals surface area (Å²) in [6.45, 7) is 3.21. The molecule has 0 amide bonds. The molecule has 1 aromatic rings. The van der Waals surface area contributed by atoms with Gasteiger partial charge in [0.2, 0.25) is 0 Å². The lowest BCUT2D eigenvalue weighted by atomic mass is 10.2. The van der Waals surface area contributed by atoms with Crippen LogP contribution in [0, 0.1) is 17.0 Å². The fraction of sp³-hybridized carbons (Fsp3) is 0.500. The van der Waals surface area contributed by atoms with Gasteiger partial charge in [-0.3, -0.25) is 10.1 Å². The first-order chi connectivity index (χ1) is 8.00. The van der Waals surface area contributed by atoms with Gasteiger partial charge in [-0.1, -0.05) is 6.07 Å². The highest BCUT2D eigenvalue weighted by atomic mass is 16.6. The summed E-state index contributed by atoms with van der Waals surface area (Å²) in [7, 11) is 3.96. The van der Waals surface area contributed by atoms with Crippen LogP contribution in [-0.4, -0.2) is 37.1 Å². The van der Waals surface area contributed by atoms with Gasteiger partial charge in [-0.25, -0.2) is 0 Å². The molecule has 1 rings (SSSR count). The second kappa shape index (κ2) is 6.20. The molecular weight excluding hydrogens is 220 g/mol. The van der Waals surface area contributed by atoms with E-state index in [1.807, 2.05) is 32.0 Å². The Kier molecular flexibility index (Phi) is 4.90. The van der Waals surface area contributed by atoms with Crippen molar-refractivity contribution in [3.05, 3.63) is 33.9 Å². The first-order valence-electron chi connectivity index (χ1n) is 5.53. The number of hydrogen-bond acceptors (Lipinski definition) is 4. The Morgan fingerprint density at radius 1 is 1.41 bits per heavy atom. The molecule has 0 saturated heterocycles. The Balaban J connectivity index is 2.61. The van der Waals surface area contributed by atoms with Gasteiger partial charge in [-0.2, -0.15) is 0 Å². The SMILES string of the molecule is Cc1ccc(OCCCN(C)C)c([N+](=O)[O-])c1. The molecule has 0 heterocycles. The second-order valence-corrected chi connectivity index (χ2v) is 4.23. The van der Waals surface area contributed by atoms with Crippen molar-refractivity contribution in [2.24, 2.45) is 0 Å². The van der Waals surface area contributed by atoms with E-state index in [-0.39, 0.29) is 5.69 Å². The number of hydrogen-bond donors (Lipinski definition) is 0. The Morgan fingerprint density at radius 3 is 2.71 bits per heavy atom. The van der Waals surface area contributed by atoms with Gasteiger partial charge < -0.3 is 9.64 Å². The van der Waals surface area contributed by atoms with E-state index in [9.17, 15) is 10.1 Å². The molecule has 0 radical (unpaired) electrons. The van der Waals surface area contributed by atoms with Gasteiger partial charge in [0.25, 0.3) is 0 Å². The summed E-state index contributed by atoms with van der Waals surface area (Å²) in [5, 5.41) is 10.8. The van der Waals surface area contributed by atoms with Gasteiger partial charge in [0.1, 0.15) is 0 Å². The van der Waals surface area contributed by atoms with Gasteiger partial charge in [0.05, 0.1) is 11.5 Å². The Hall–Kier alpha value is -1.62. The van der Waals surface area contributed by atoms with Crippen molar-refractivity contribution < 1.29 is 9.66 Å². The average molecular weight is 238 g/mol. The Labute approximate surface area is 101 Å². The standard InChI is InChI=1S/C12H18N2O3/c1-10-5-6-12(11(9-10)14(15)16)17-8-4-7-13(2)3/h5-6,9H,4,7-8H2,1-3H3. The summed E-state index contributed by atoms with van der Waals surface area (Å²) < 4.78 is 5.44. The van der Waals surface area contributed by atoms with E-state index in [0.29, 0.717) is 12.4 Å². The van der Waals surface area contributed by atoms with E-state index < -0.39 is 4.92 Å². The first-order valence-corrected chi connectivity index (χ1v) is 5.53. The van der Waals surface area contributed by atoms with Gasteiger partial charge in [0.15, 0.2) is 5.75 Å². The molecule has 94 valence electrons. The predicted molar refractivity (Wildman–Crippen MR) is 66.5 cm³/mol. The van der Waals surface area contributed by atoms with Crippen LogP contribution in [-0.2, 0) is 0 Å². The molecule has 0 atom stereocenters. The largest absolute Gasteiger partial charge is 0.487 e. The molecule has 5 heteroatoms. The van der Waals surface area contributed by atoms with Crippen molar-refractivity contribution >= 4 is 5.69 Å². The summed E-state index contributed by atoms with van der Waals surface area (Å²) >= 11 is 0. The highest BCUT2D eigenvalue weighted by Crippen LogP contribution is 2.27. The molecule has 0 aliphatic heterocycles. The number of nitro groups is 1. The molecule has 5 nitrogen and oxygen atoms in total. The number of benzene rings is 1. The van der Waals surface area contributed by atoms with E-state index >= 15 is 0 Å². The molecular formula is C12H18N2O3. The minimum Gasteiger partial charge on any atom is -0.487 e. The van der Waals surface area contributed by atoms with Crippen molar-refractivity contribution in [2.45, 2.75) is 13.3 Å². The third kappa shape index (κ3) is 4.40. The summed E-state index contributed by atoms with van der Waals surface area (Å²) in [5.41, 5.74) is 0.896. The van der Waals surface area contributed by atoms with Crippen LogP contribution in [0.2, 0.25) is 0 Å². The Morgan fingerprint density at radius 2 is 2.12 bits per heavy atom. The number of nitrogens with zero attached hydrogens (tertiary/aromatic N) is 2. The second-order valence-electron chi connectivity index (χ2n) is 4.23. The minimum atomic E-state index is -0.408. The number of nitro benzene ring substituents is 1. The van der Waals surface area contributed by atoms with Crippen LogP contribution in [0.3, 0.4) is 0 Å². The quantitative estimate of drug-likeness (QED) is 0.433. The molecule has 0 aromatic heterocycles. The lowest BCUT2D eigenvalue weighted by Gasteiger charge is -2.10. The molecule has 0 aliphatic carbocycles. The third-order valence-electron chi connectivity index (χ3n) is 2.32. The van der Waals surface area contributed by atoms with E-state index in [4.69, 9.17) is 4.74 Å². The summed E-state index contributed by atoms with van der Waals surface area (Å²) in [5.74, 6) is 0.347. The average Bonchev–Trinajstić information content (AvgIpc) is 2.25. The minimum absolute atomic E-state index is 0.0369. The van der Waals surface area contributed by atoms with Crippen LogP contribution in [0.4, 0.5) is 5.69 Å². The fourth-order valence-corrected chi connectivity index (χ4v) is 1.46. The van der Waals surface area contributed by atoms with Crippen molar-refractivity contribution in [1.82, 2.24) is 4.90 Å². The van der Waals surface area contributed by atoms with Crippen LogP contribution in [0.15, 0.2) is 18.2 Å². The van der Waals surface area contributed by atoms with Crippen molar-refractivity contribution in [3.63, 3.8) is 0 Å². The van der Waals surface area contributed by atoms with Crippen LogP contribution < -0.4 is 4.74 Å². The van der Waals surface area contributed by atoms with Gasteiger partial charge in [0, 0.05) is 12.6 Å². The van der Waals surface area contributed by atoms with Crippen molar-refractivity contribution in [3.8, 4) is 5.75 Å². The van der Waals surface area contributed by atoms with Crippen molar-refractivity contribution in [1.29, 1.82) is 0 Å². The molecule has 0 N–H and O–H groups in total. The number of aryl methyl sites for hydroxylation is 1. The molecule has 0 aliphatic rings. The monoisotopic (exact) mass is 238 g/mol. The smallest absolute Gasteiger partial charge is 0.311 e. The molecule has 0 bridgehead atoms. The highest BCUT2D eigenvalue weighted by molar-refractivity contribution is 5.48. The van der Waals surface area contributed by atoms with E-state index in [0.717, 1.165) is 18.5 Å². The number of ether oxygens (including phenoxy) is 1. The topological polar surface area (TPSA) is 55.6 Å². The maximum absolute atomic E-state index is 10.8. The zero-order chi connectivity index (χ0) is 12.8. The first kappa shape index (κ1) is 13.4. The van der Waals surface area contributed by atoms with Crippen LogP contribution >= 0.6 is 0 Å². The van der Waals surface area contributed by atoms with E-state index in [2.05, 4.69) is 0 Å². The van der Waals surface area contributed by atoms with Gasteiger partial charge in [-0.05, 0) is 39.1 Å². The molecule has 0 unspecified atom stereocenters. The maximum atomic E-state index is 10.8. The Bertz CT molecular complexity index is 391.